The highest BCUT2D eigenvalue weighted by atomic mass is 32.2. The number of imidazole rings is 1. The van der Waals surface area contributed by atoms with Gasteiger partial charge in [0.05, 0.1) is 43.1 Å². The van der Waals surface area contributed by atoms with Crippen molar-refractivity contribution in [3.05, 3.63) is 35.2 Å². The number of fused-ring (bicyclic) bond motifs is 1. The van der Waals surface area contributed by atoms with E-state index in [9.17, 15) is 13.8 Å². The Morgan fingerprint density at radius 2 is 1.88 bits per heavy atom. The van der Waals surface area contributed by atoms with Crippen LogP contribution in [0.15, 0.2) is 23.5 Å². The van der Waals surface area contributed by atoms with Crippen LogP contribution in [0.3, 0.4) is 0 Å². The first-order valence-electron chi connectivity index (χ1n) is 10.4. The molecule has 3 heterocycles. The zero-order valence-electron chi connectivity index (χ0n) is 19.9. The number of esters is 1. The third kappa shape index (κ3) is 5.01. The topological polar surface area (TPSA) is 126 Å². The molecule has 0 aromatic carbocycles. The van der Waals surface area contributed by atoms with E-state index >= 15 is 0 Å². The smallest absolute Gasteiger partial charge is 0.332 e. The Bertz CT molecular complexity index is 1260. The monoisotopic (exact) mass is 489 g/mol. The van der Waals surface area contributed by atoms with Crippen LogP contribution in [-0.2, 0) is 26.1 Å². The summed E-state index contributed by atoms with van der Waals surface area (Å²) >= 11 is 0. The number of aromatic nitrogens is 4. The highest BCUT2D eigenvalue weighted by Crippen LogP contribution is 2.27. The quantitative estimate of drug-likeness (QED) is 0.438. The van der Waals surface area contributed by atoms with Crippen molar-refractivity contribution in [1.29, 1.82) is 0 Å². The van der Waals surface area contributed by atoms with Crippen LogP contribution in [0.4, 0.5) is 4.79 Å². The number of nitrogens with zero attached hydrogens (tertiary/aromatic N) is 5. The molecule has 1 atom stereocenters. The number of hydrogen-bond donors (Lipinski definition) is 0. The van der Waals surface area contributed by atoms with Gasteiger partial charge in [-0.3, -0.25) is 14.0 Å². The Kier molecular flexibility index (Phi) is 7.82. The van der Waals surface area contributed by atoms with Crippen LogP contribution in [0.2, 0.25) is 0 Å². The molecular weight excluding hydrogens is 462 g/mol. The molecule has 1 unspecified atom stereocenters. The molecule has 0 aliphatic heterocycles. The summed E-state index contributed by atoms with van der Waals surface area (Å²) in [7, 11) is 2.67. The molecular formula is C22H27N5O6S. The molecule has 0 N–H and O–H groups in total. The summed E-state index contributed by atoms with van der Waals surface area (Å²) in [6, 6.07) is 2.58. The van der Waals surface area contributed by atoms with Gasteiger partial charge in [-0.15, -0.1) is 0 Å². The second-order valence-electron chi connectivity index (χ2n) is 7.41. The van der Waals surface area contributed by atoms with Crippen LogP contribution in [0, 0.1) is 13.8 Å². The number of pyridine rings is 2. The van der Waals surface area contributed by atoms with Gasteiger partial charge in [-0.05, 0) is 26.8 Å². The molecule has 3 aromatic heterocycles. The molecule has 3 aromatic rings. The van der Waals surface area contributed by atoms with Crippen molar-refractivity contribution in [1.82, 2.24) is 24.4 Å². The number of carbonyl (C=O) groups excluding carboxylic acids is 2. The summed E-state index contributed by atoms with van der Waals surface area (Å²) in [6.07, 6.45) is 1.64. The van der Waals surface area contributed by atoms with Gasteiger partial charge in [0.15, 0.2) is 5.65 Å². The van der Waals surface area contributed by atoms with Gasteiger partial charge in [-0.25, -0.2) is 14.3 Å². The van der Waals surface area contributed by atoms with E-state index in [1.54, 1.807) is 32.4 Å². The summed E-state index contributed by atoms with van der Waals surface area (Å²) in [6.45, 7) is 5.28. The maximum atomic E-state index is 13.5. The van der Waals surface area contributed by atoms with Gasteiger partial charge in [0.2, 0.25) is 11.0 Å². The van der Waals surface area contributed by atoms with Crippen molar-refractivity contribution in [3.63, 3.8) is 0 Å². The van der Waals surface area contributed by atoms with Crippen molar-refractivity contribution in [3.8, 4) is 11.6 Å². The first-order chi connectivity index (χ1) is 16.2. The molecule has 12 heteroatoms. The van der Waals surface area contributed by atoms with Crippen molar-refractivity contribution in [2.75, 3.05) is 34.4 Å². The highest BCUT2D eigenvalue weighted by Gasteiger charge is 2.27. The van der Waals surface area contributed by atoms with Crippen LogP contribution < -0.4 is 9.47 Å². The number of ether oxygens (including phenoxy) is 3. The summed E-state index contributed by atoms with van der Waals surface area (Å²) in [4.78, 5) is 39.6. The second kappa shape index (κ2) is 10.6. The molecule has 0 spiro atoms. The lowest BCUT2D eigenvalue weighted by Gasteiger charge is -2.18. The maximum absolute atomic E-state index is 13.5. The first kappa shape index (κ1) is 25.1. The highest BCUT2D eigenvalue weighted by molar-refractivity contribution is 7.84. The minimum absolute atomic E-state index is 0.00218. The first-order valence-corrected chi connectivity index (χ1v) is 11.8. The Morgan fingerprint density at radius 1 is 1.15 bits per heavy atom. The molecule has 0 radical (unpaired) electrons. The predicted molar refractivity (Wildman–Crippen MR) is 125 cm³/mol. The average molecular weight is 490 g/mol. The number of likely N-dealkylation sites (N-methyl/N-ethyl adjacent to an activating group) is 1. The van der Waals surface area contributed by atoms with Crippen LogP contribution in [0.25, 0.3) is 11.2 Å². The second-order valence-corrected chi connectivity index (χ2v) is 8.75. The number of rotatable bonds is 8. The minimum atomic E-state index is -1.78. The Morgan fingerprint density at radius 3 is 2.53 bits per heavy atom. The largest absolute Gasteiger partial charge is 0.496 e. The lowest BCUT2D eigenvalue weighted by Crippen LogP contribution is -2.37. The normalized spacial score (nSPS) is 11.8. The van der Waals surface area contributed by atoms with E-state index in [1.165, 1.54) is 14.2 Å². The molecule has 0 aliphatic carbocycles. The van der Waals surface area contributed by atoms with Gasteiger partial charge < -0.3 is 19.1 Å². The van der Waals surface area contributed by atoms with Gasteiger partial charge in [0.1, 0.15) is 17.8 Å². The minimum Gasteiger partial charge on any atom is -0.496 e. The SMILES string of the molecule is CCOC(=O)CN(C)C(=O)n1c(S(=O)Cc2ncc(C)c(OC)c2C)nc2ccc(OC)nc21. The number of carbonyl (C=O) groups is 2. The van der Waals surface area contributed by atoms with Crippen LogP contribution >= 0.6 is 0 Å². The average Bonchev–Trinajstić information content (AvgIpc) is 3.19. The standard InChI is InChI=1S/C22H27N5O6S/c1-7-33-18(28)11-26(4)22(29)27-20-15(8-9-17(25-20)31-5)24-21(27)34(30)12-16-14(3)19(32-6)13(2)10-23-16/h8-10H,7,11-12H2,1-6H3. The van der Waals surface area contributed by atoms with E-state index in [-0.39, 0.29) is 35.6 Å². The zero-order valence-corrected chi connectivity index (χ0v) is 20.8. The summed E-state index contributed by atoms with van der Waals surface area (Å²) in [5.41, 5.74) is 2.68. The van der Waals surface area contributed by atoms with E-state index < -0.39 is 22.8 Å². The predicted octanol–water partition coefficient (Wildman–Crippen LogP) is 2.23. The van der Waals surface area contributed by atoms with Crippen LogP contribution in [0.5, 0.6) is 11.6 Å². The summed E-state index contributed by atoms with van der Waals surface area (Å²) in [5, 5.41) is -0.0165. The Hall–Kier alpha value is -3.54. The lowest BCUT2D eigenvalue weighted by molar-refractivity contribution is -0.143. The van der Waals surface area contributed by atoms with Crippen molar-refractivity contribution in [2.45, 2.75) is 31.7 Å². The molecule has 0 bridgehead atoms. The number of methoxy groups -OCH3 is 2. The molecule has 34 heavy (non-hydrogen) atoms. The van der Waals surface area contributed by atoms with Gasteiger partial charge in [-0.1, -0.05) is 0 Å². The van der Waals surface area contributed by atoms with Gasteiger partial charge in [0.25, 0.3) is 0 Å². The molecule has 182 valence electrons. The number of hydrogen-bond acceptors (Lipinski definition) is 9. The van der Waals surface area contributed by atoms with Gasteiger partial charge in [0, 0.05) is 30.4 Å². The van der Waals surface area contributed by atoms with Crippen molar-refractivity contribution >= 4 is 34.0 Å². The van der Waals surface area contributed by atoms with E-state index in [1.807, 2.05) is 13.8 Å². The Labute approximate surface area is 199 Å². The zero-order chi connectivity index (χ0) is 25.0. The van der Waals surface area contributed by atoms with Gasteiger partial charge in [-0.2, -0.15) is 4.98 Å². The summed E-state index contributed by atoms with van der Waals surface area (Å²) in [5.74, 6) is 0.347. The number of amides is 1. The molecule has 3 rings (SSSR count). The van der Waals surface area contributed by atoms with Crippen molar-refractivity contribution < 1.29 is 28.0 Å². The lowest BCUT2D eigenvalue weighted by atomic mass is 10.1. The summed E-state index contributed by atoms with van der Waals surface area (Å²) < 4.78 is 30.2. The van der Waals surface area contributed by atoms with E-state index in [0.29, 0.717) is 17.0 Å². The fraction of sp³-hybridized carbons (Fsp3) is 0.409. The fourth-order valence-corrected chi connectivity index (χ4v) is 4.64. The van der Waals surface area contributed by atoms with E-state index in [2.05, 4.69) is 15.0 Å². The molecule has 11 nitrogen and oxygen atoms in total. The Balaban J connectivity index is 2.06. The molecule has 0 saturated heterocycles. The fourth-order valence-electron chi connectivity index (χ4n) is 3.40. The molecule has 1 amide bonds. The molecule has 0 fully saturated rings. The van der Waals surface area contributed by atoms with Gasteiger partial charge >= 0.3 is 12.0 Å². The van der Waals surface area contributed by atoms with Crippen molar-refractivity contribution in [2.24, 2.45) is 0 Å². The molecule has 0 saturated carbocycles. The van der Waals surface area contributed by atoms with E-state index in [0.717, 1.165) is 20.6 Å². The van der Waals surface area contributed by atoms with E-state index in [4.69, 9.17) is 14.2 Å². The maximum Gasteiger partial charge on any atom is 0.332 e. The molecule has 0 aliphatic rings. The third-order valence-corrected chi connectivity index (χ3v) is 6.28. The third-order valence-electron chi connectivity index (χ3n) is 5.07. The number of aryl methyl sites for hydroxylation is 1. The van der Waals surface area contributed by atoms with Crippen LogP contribution in [-0.4, -0.2) is 75.0 Å². The van der Waals surface area contributed by atoms with Crippen LogP contribution in [0.1, 0.15) is 23.7 Å².